The van der Waals surface area contributed by atoms with Crippen molar-refractivity contribution in [3.8, 4) is 11.5 Å². The van der Waals surface area contributed by atoms with Crippen LogP contribution in [0.2, 0.25) is 0 Å². The van der Waals surface area contributed by atoms with Crippen molar-refractivity contribution in [2.45, 2.75) is 6.92 Å². The number of methoxy groups -OCH3 is 1. The number of hydrogen-bond donors (Lipinski definition) is 1. The Kier molecular flexibility index (Phi) is 5.54. The maximum atomic E-state index is 12.1. The lowest BCUT2D eigenvalue weighted by atomic mass is 10.2. The molecule has 0 heterocycles. The fourth-order valence-corrected chi connectivity index (χ4v) is 1.91. The topological polar surface area (TPSA) is 59.9 Å². The summed E-state index contributed by atoms with van der Waals surface area (Å²) in [6, 6.07) is 14.4. The number of benzene rings is 2. The van der Waals surface area contributed by atoms with Crippen molar-refractivity contribution >= 4 is 12.1 Å². The van der Waals surface area contributed by atoms with Crippen molar-refractivity contribution in [3.63, 3.8) is 0 Å². The molecule has 0 bridgehead atoms. The molecule has 0 spiro atoms. The van der Waals surface area contributed by atoms with Crippen molar-refractivity contribution < 1.29 is 14.3 Å². The maximum absolute atomic E-state index is 12.1. The van der Waals surface area contributed by atoms with Gasteiger partial charge in [0.1, 0.15) is 11.5 Å². The Balaban J connectivity index is 2.03. The Morgan fingerprint density at radius 3 is 2.82 bits per heavy atom. The number of ether oxygens (including phenoxy) is 2. The van der Waals surface area contributed by atoms with Gasteiger partial charge >= 0.3 is 0 Å². The van der Waals surface area contributed by atoms with Gasteiger partial charge in [-0.25, -0.2) is 5.43 Å². The quantitative estimate of drug-likeness (QED) is 0.659. The molecule has 22 heavy (non-hydrogen) atoms. The number of amides is 1. The molecule has 0 aliphatic carbocycles. The van der Waals surface area contributed by atoms with Gasteiger partial charge in [-0.05, 0) is 36.8 Å². The summed E-state index contributed by atoms with van der Waals surface area (Å²) in [6.07, 6.45) is 1.57. The van der Waals surface area contributed by atoms with Crippen LogP contribution in [-0.2, 0) is 0 Å². The monoisotopic (exact) mass is 298 g/mol. The molecule has 2 aromatic rings. The molecule has 1 N–H and O–H groups in total. The van der Waals surface area contributed by atoms with Crippen LogP contribution in [0.4, 0.5) is 0 Å². The summed E-state index contributed by atoms with van der Waals surface area (Å²) in [5.41, 5.74) is 3.76. The first-order valence-corrected chi connectivity index (χ1v) is 6.94. The third-order valence-corrected chi connectivity index (χ3v) is 2.90. The van der Waals surface area contributed by atoms with Crippen LogP contribution in [-0.4, -0.2) is 25.8 Å². The van der Waals surface area contributed by atoms with Gasteiger partial charge in [-0.15, -0.1) is 0 Å². The lowest BCUT2D eigenvalue weighted by Gasteiger charge is -2.06. The fraction of sp³-hybridized carbons (Fsp3) is 0.176. The molecule has 5 nitrogen and oxygen atoms in total. The highest BCUT2D eigenvalue weighted by atomic mass is 16.5. The van der Waals surface area contributed by atoms with Crippen LogP contribution in [0, 0.1) is 0 Å². The van der Waals surface area contributed by atoms with Crippen LogP contribution < -0.4 is 14.9 Å². The second kappa shape index (κ2) is 7.83. The second-order valence-electron chi connectivity index (χ2n) is 4.40. The van der Waals surface area contributed by atoms with E-state index in [9.17, 15) is 4.79 Å². The molecular formula is C17H18N2O3. The third kappa shape index (κ3) is 4.09. The zero-order valence-corrected chi connectivity index (χ0v) is 12.6. The predicted molar refractivity (Wildman–Crippen MR) is 85.7 cm³/mol. The highest BCUT2D eigenvalue weighted by Gasteiger charge is 2.09. The van der Waals surface area contributed by atoms with E-state index in [2.05, 4.69) is 10.5 Å². The van der Waals surface area contributed by atoms with E-state index < -0.39 is 0 Å². The largest absolute Gasteiger partial charge is 0.496 e. The van der Waals surface area contributed by atoms with Gasteiger partial charge in [0.05, 0.1) is 25.5 Å². The lowest BCUT2D eigenvalue weighted by Crippen LogP contribution is -2.18. The SMILES string of the molecule is CCOc1cccc(/C=N/NC(=O)c2ccccc2OC)c1. The molecule has 0 radical (unpaired) electrons. The van der Waals surface area contributed by atoms with E-state index in [1.807, 2.05) is 31.2 Å². The van der Waals surface area contributed by atoms with E-state index in [0.717, 1.165) is 11.3 Å². The molecule has 0 atom stereocenters. The average molecular weight is 298 g/mol. The summed E-state index contributed by atoms with van der Waals surface area (Å²) in [7, 11) is 1.52. The summed E-state index contributed by atoms with van der Waals surface area (Å²) in [5.74, 6) is 0.950. The van der Waals surface area contributed by atoms with Crippen molar-refractivity contribution in [2.24, 2.45) is 5.10 Å². The van der Waals surface area contributed by atoms with Gasteiger partial charge in [-0.1, -0.05) is 24.3 Å². The number of para-hydroxylation sites is 1. The summed E-state index contributed by atoms with van der Waals surface area (Å²) in [5, 5.41) is 3.96. The smallest absolute Gasteiger partial charge is 0.275 e. The molecule has 0 saturated heterocycles. The maximum Gasteiger partial charge on any atom is 0.275 e. The van der Waals surface area contributed by atoms with Gasteiger partial charge in [-0.2, -0.15) is 5.10 Å². The number of carbonyl (C=O) groups excluding carboxylic acids is 1. The van der Waals surface area contributed by atoms with Crippen LogP contribution >= 0.6 is 0 Å². The average Bonchev–Trinajstić information content (AvgIpc) is 2.55. The molecule has 5 heteroatoms. The summed E-state index contributed by atoms with van der Waals surface area (Å²) in [4.78, 5) is 12.1. The molecule has 0 aliphatic heterocycles. The van der Waals surface area contributed by atoms with Crippen LogP contribution in [0.25, 0.3) is 0 Å². The molecule has 0 aromatic heterocycles. The molecule has 114 valence electrons. The van der Waals surface area contributed by atoms with Crippen LogP contribution in [0.5, 0.6) is 11.5 Å². The van der Waals surface area contributed by atoms with Crippen molar-refractivity contribution in [2.75, 3.05) is 13.7 Å². The molecule has 0 saturated carbocycles. The molecule has 2 aromatic carbocycles. The Morgan fingerprint density at radius 1 is 1.23 bits per heavy atom. The normalized spacial score (nSPS) is 10.5. The number of rotatable bonds is 6. The van der Waals surface area contributed by atoms with Crippen molar-refractivity contribution in [1.82, 2.24) is 5.43 Å². The fourth-order valence-electron chi connectivity index (χ4n) is 1.91. The van der Waals surface area contributed by atoms with E-state index in [-0.39, 0.29) is 5.91 Å². The summed E-state index contributed by atoms with van der Waals surface area (Å²) < 4.78 is 10.6. The first kappa shape index (κ1) is 15.6. The number of hydrogen-bond acceptors (Lipinski definition) is 4. The highest BCUT2D eigenvalue weighted by Crippen LogP contribution is 2.16. The summed E-state index contributed by atoms with van der Waals surface area (Å²) >= 11 is 0. The van der Waals surface area contributed by atoms with E-state index in [0.29, 0.717) is 17.9 Å². The first-order chi connectivity index (χ1) is 10.7. The molecule has 0 unspecified atom stereocenters. The first-order valence-electron chi connectivity index (χ1n) is 6.94. The molecule has 2 rings (SSSR count). The molecular weight excluding hydrogens is 280 g/mol. The number of hydrazone groups is 1. The van der Waals surface area contributed by atoms with Crippen LogP contribution in [0.1, 0.15) is 22.8 Å². The van der Waals surface area contributed by atoms with Gasteiger partial charge < -0.3 is 9.47 Å². The third-order valence-electron chi connectivity index (χ3n) is 2.90. The Bertz CT molecular complexity index is 668. The van der Waals surface area contributed by atoms with Gasteiger partial charge in [0.2, 0.25) is 0 Å². The number of nitrogens with zero attached hydrogens (tertiary/aromatic N) is 1. The van der Waals surface area contributed by atoms with E-state index in [1.165, 1.54) is 7.11 Å². The molecule has 1 amide bonds. The minimum atomic E-state index is -0.324. The van der Waals surface area contributed by atoms with Crippen LogP contribution in [0.15, 0.2) is 53.6 Å². The standard InChI is InChI=1S/C17H18N2O3/c1-3-22-14-8-6-7-13(11-14)12-18-19-17(20)15-9-4-5-10-16(15)21-2/h4-12H,3H2,1-2H3,(H,19,20)/b18-12+. The van der Waals surface area contributed by atoms with E-state index >= 15 is 0 Å². The molecule has 0 aliphatic rings. The van der Waals surface area contributed by atoms with Crippen LogP contribution in [0.3, 0.4) is 0 Å². The highest BCUT2D eigenvalue weighted by molar-refractivity contribution is 5.97. The number of carbonyl (C=O) groups is 1. The minimum Gasteiger partial charge on any atom is -0.496 e. The van der Waals surface area contributed by atoms with E-state index in [4.69, 9.17) is 9.47 Å². The predicted octanol–water partition coefficient (Wildman–Crippen LogP) is 2.86. The second-order valence-corrected chi connectivity index (χ2v) is 4.40. The summed E-state index contributed by atoms with van der Waals surface area (Å²) in [6.45, 7) is 2.53. The zero-order valence-electron chi connectivity index (χ0n) is 12.6. The van der Waals surface area contributed by atoms with E-state index in [1.54, 1.807) is 30.5 Å². The van der Waals surface area contributed by atoms with Gasteiger partial charge in [0.25, 0.3) is 5.91 Å². The van der Waals surface area contributed by atoms with Gasteiger partial charge in [0.15, 0.2) is 0 Å². The zero-order chi connectivity index (χ0) is 15.8. The Morgan fingerprint density at radius 2 is 2.05 bits per heavy atom. The number of nitrogens with one attached hydrogen (secondary N) is 1. The minimum absolute atomic E-state index is 0.324. The van der Waals surface area contributed by atoms with Crippen molar-refractivity contribution in [1.29, 1.82) is 0 Å². The lowest BCUT2D eigenvalue weighted by molar-refractivity contribution is 0.0952. The van der Waals surface area contributed by atoms with Gasteiger partial charge in [0, 0.05) is 0 Å². The van der Waals surface area contributed by atoms with Crippen molar-refractivity contribution in [3.05, 3.63) is 59.7 Å². The Hall–Kier alpha value is -2.82. The van der Waals surface area contributed by atoms with Gasteiger partial charge in [-0.3, -0.25) is 4.79 Å². The Labute approximate surface area is 129 Å². The molecule has 0 fully saturated rings.